The van der Waals surface area contributed by atoms with Gasteiger partial charge in [0.1, 0.15) is 11.6 Å². The first-order valence-electron chi connectivity index (χ1n) is 6.00. The van der Waals surface area contributed by atoms with Gasteiger partial charge in [0.05, 0.1) is 17.6 Å². The minimum absolute atomic E-state index is 0.231. The Morgan fingerprint density at radius 2 is 2.28 bits per heavy atom. The molecule has 98 valence electrons. The van der Waals surface area contributed by atoms with E-state index in [-0.39, 0.29) is 5.82 Å². The summed E-state index contributed by atoms with van der Waals surface area (Å²) in [6, 6.07) is 4.63. The Hall–Kier alpha value is -1.07. The van der Waals surface area contributed by atoms with Crippen molar-refractivity contribution in [3.63, 3.8) is 0 Å². The number of thioether (sulfide) groups is 1. The predicted molar refractivity (Wildman–Crippen MR) is 75.4 cm³/mol. The van der Waals surface area contributed by atoms with Gasteiger partial charge in [-0.25, -0.2) is 9.37 Å². The van der Waals surface area contributed by atoms with Crippen LogP contribution in [0, 0.1) is 5.82 Å². The van der Waals surface area contributed by atoms with Crippen LogP contribution >= 0.6 is 11.8 Å². The third kappa shape index (κ3) is 3.46. The lowest BCUT2D eigenvalue weighted by atomic mass is 10.3. The zero-order valence-corrected chi connectivity index (χ0v) is 11.6. The van der Waals surface area contributed by atoms with E-state index in [4.69, 9.17) is 0 Å². The Kier molecular flexibility index (Phi) is 4.60. The third-order valence-corrected chi connectivity index (χ3v) is 3.50. The van der Waals surface area contributed by atoms with Crippen LogP contribution in [0.1, 0.15) is 12.2 Å². The number of imidazole rings is 1. The Morgan fingerprint density at radius 1 is 1.44 bits per heavy atom. The van der Waals surface area contributed by atoms with E-state index < -0.39 is 0 Å². The molecule has 1 N–H and O–H groups in total. The zero-order chi connectivity index (χ0) is 13.0. The molecule has 0 aliphatic heterocycles. The van der Waals surface area contributed by atoms with Crippen LogP contribution in [-0.4, -0.2) is 40.5 Å². The summed E-state index contributed by atoms with van der Waals surface area (Å²) in [6.45, 7) is 1.82. The fourth-order valence-corrected chi connectivity index (χ4v) is 2.34. The molecule has 1 aromatic heterocycles. The molecular formula is C13H18FN3S. The number of nitrogens with zero attached hydrogens (tertiary/aromatic N) is 2. The number of aromatic amines is 1. The first-order chi connectivity index (χ1) is 8.69. The monoisotopic (exact) mass is 267 g/mol. The summed E-state index contributed by atoms with van der Waals surface area (Å²) < 4.78 is 13.1. The number of hydrogen-bond donors (Lipinski definition) is 1. The topological polar surface area (TPSA) is 31.9 Å². The molecule has 0 spiro atoms. The Labute approximate surface area is 111 Å². The SMILES string of the molecule is CSCCCN(C)Cc1nc2ccc(F)cc2[nH]1. The van der Waals surface area contributed by atoms with Crippen LogP contribution in [0.25, 0.3) is 11.0 Å². The van der Waals surface area contributed by atoms with E-state index in [9.17, 15) is 4.39 Å². The molecule has 0 saturated heterocycles. The smallest absolute Gasteiger partial charge is 0.125 e. The largest absolute Gasteiger partial charge is 0.341 e. The molecule has 0 aliphatic carbocycles. The molecule has 18 heavy (non-hydrogen) atoms. The van der Waals surface area contributed by atoms with Crippen molar-refractivity contribution in [3.8, 4) is 0 Å². The summed E-state index contributed by atoms with van der Waals surface area (Å²) in [6.07, 6.45) is 3.29. The van der Waals surface area contributed by atoms with Crippen molar-refractivity contribution < 1.29 is 4.39 Å². The van der Waals surface area contributed by atoms with Gasteiger partial charge >= 0.3 is 0 Å². The van der Waals surface area contributed by atoms with Crippen molar-refractivity contribution in [1.29, 1.82) is 0 Å². The maximum Gasteiger partial charge on any atom is 0.125 e. The van der Waals surface area contributed by atoms with Crippen LogP contribution in [0.5, 0.6) is 0 Å². The number of H-pyrrole nitrogens is 1. The zero-order valence-electron chi connectivity index (χ0n) is 10.7. The van der Waals surface area contributed by atoms with Gasteiger partial charge in [0.2, 0.25) is 0 Å². The summed E-state index contributed by atoms with van der Waals surface area (Å²) in [7, 11) is 2.08. The minimum atomic E-state index is -0.231. The van der Waals surface area contributed by atoms with Crippen LogP contribution in [0.2, 0.25) is 0 Å². The van der Waals surface area contributed by atoms with E-state index in [2.05, 4.69) is 28.2 Å². The van der Waals surface area contributed by atoms with Crippen molar-refractivity contribution >= 4 is 22.8 Å². The highest BCUT2D eigenvalue weighted by Gasteiger charge is 2.06. The second kappa shape index (κ2) is 6.20. The maximum atomic E-state index is 13.1. The first kappa shape index (κ1) is 13.4. The maximum absolute atomic E-state index is 13.1. The molecule has 1 aromatic carbocycles. The van der Waals surface area contributed by atoms with Gasteiger partial charge in [0.25, 0.3) is 0 Å². The van der Waals surface area contributed by atoms with Crippen molar-refractivity contribution in [2.45, 2.75) is 13.0 Å². The molecule has 0 aliphatic rings. The fraction of sp³-hybridized carbons (Fsp3) is 0.462. The van der Waals surface area contributed by atoms with E-state index in [0.717, 1.165) is 29.9 Å². The van der Waals surface area contributed by atoms with E-state index in [1.165, 1.54) is 24.3 Å². The molecular weight excluding hydrogens is 249 g/mol. The van der Waals surface area contributed by atoms with Crippen molar-refractivity contribution in [2.75, 3.05) is 25.6 Å². The number of benzene rings is 1. The number of rotatable bonds is 6. The summed E-state index contributed by atoms with van der Waals surface area (Å²) in [5, 5.41) is 0. The van der Waals surface area contributed by atoms with Gasteiger partial charge in [0.15, 0.2) is 0 Å². The third-order valence-electron chi connectivity index (χ3n) is 2.80. The quantitative estimate of drug-likeness (QED) is 0.817. The molecule has 3 nitrogen and oxygen atoms in total. The fourth-order valence-electron chi connectivity index (χ4n) is 1.92. The van der Waals surface area contributed by atoms with Gasteiger partial charge < -0.3 is 4.98 Å². The molecule has 0 atom stereocenters. The van der Waals surface area contributed by atoms with Gasteiger partial charge in [0, 0.05) is 0 Å². The van der Waals surface area contributed by atoms with Crippen molar-refractivity contribution in [2.24, 2.45) is 0 Å². The lowest BCUT2D eigenvalue weighted by Crippen LogP contribution is -2.20. The Balaban J connectivity index is 1.98. The van der Waals surface area contributed by atoms with Crippen molar-refractivity contribution in [3.05, 3.63) is 29.8 Å². The molecule has 0 fully saturated rings. The van der Waals surface area contributed by atoms with E-state index in [0.29, 0.717) is 0 Å². The molecule has 0 radical (unpaired) electrons. The molecule has 2 rings (SSSR count). The summed E-state index contributed by atoms with van der Waals surface area (Å²) >= 11 is 1.86. The first-order valence-corrected chi connectivity index (χ1v) is 7.40. The molecule has 5 heteroatoms. The van der Waals surface area contributed by atoms with Gasteiger partial charge in [-0.15, -0.1) is 0 Å². The van der Waals surface area contributed by atoms with Gasteiger partial charge in [-0.3, -0.25) is 4.90 Å². The highest BCUT2D eigenvalue weighted by atomic mass is 32.2. The molecule has 1 heterocycles. The standard InChI is InChI=1S/C13H18FN3S/c1-17(6-3-7-18-2)9-13-15-11-5-4-10(14)8-12(11)16-13/h4-5,8H,3,6-7,9H2,1-2H3,(H,15,16). The predicted octanol–water partition coefficient (Wildman–Crippen LogP) is 2.89. The van der Waals surface area contributed by atoms with Crippen LogP contribution in [0.3, 0.4) is 0 Å². The number of fused-ring (bicyclic) bond motifs is 1. The van der Waals surface area contributed by atoms with Crippen LogP contribution in [-0.2, 0) is 6.54 Å². The number of hydrogen-bond acceptors (Lipinski definition) is 3. The summed E-state index contributed by atoms with van der Waals surface area (Å²) in [5.74, 6) is 1.84. The Morgan fingerprint density at radius 3 is 3.06 bits per heavy atom. The summed E-state index contributed by atoms with van der Waals surface area (Å²) in [5.41, 5.74) is 1.59. The molecule has 0 saturated carbocycles. The minimum Gasteiger partial charge on any atom is -0.341 e. The normalized spacial score (nSPS) is 11.6. The average Bonchev–Trinajstić information content (AvgIpc) is 2.70. The second-order valence-corrected chi connectivity index (χ2v) is 5.41. The van der Waals surface area contributed by atoms with E-state index in [1.54, 1.807) is 6.07 Å². The van der Waals surface area contributed by atoms with E-state index in [1.807, 2.05) is 11.8 Å². The second-order valence-electron chi connectivity index (χ2n) is 4.43. The van der Waals surface area contributed by atoms with Gasteiger partial charge in [-0.1, -0.05) is 0 Å². The van der Waals surface area contributed by atoms with Gasteiger partial charge in [-0.05, 0) is 50.2 Å². The Bertz CT molecular complexity index is 512. The number of halogens is 1. The highest BCUT2D eigenvalue weighted by Crippen LogP contribution is 2.13. The summed E-state index contributed by atoms with van der Waals surface area (Å²) in [4.78, 5) is 9.84. The molecule has 2 aromatic rings. The van der Waals surface area contributed by atoms with E-state index >= 15 is 0 Å². The average molecular weight is 267 g/mol. The lowest BCUT2D eigenvalue weighted by molar-refractivity contribution is 0.321. The van der Waals surface area contributed by atoms with Crippen LogP contribution in [0.4, 0.5) is 4.39 Å². The number of aromatic nitrogens is 2. The lowest BCUT2D eigenvalue weighted by Gasteiger charge is -2.14. The molecule has 0 amide bonds. The molecule has 0 unspecified atom stereocenters. The van der Waals surface area contributed by atoms with Crippen LogP contribution in [0.15, 0.2) is 18.2 Å². The van der Waals surface area contributed by atoms with Crippen molar-refractivity contribution in [1.82, 2.24) is 14.9 Å². The van der Waals surface area contributed by atoms with Gasteiger partial charge in [-0.2, -0.15) is 11.8 Å². The highest BCUT2D eigenvalue weighted by molar-refractivity contribution is 7.98. The molecule has 0 bridgehead atoms. The number of nitrogens with one attached hydrogen (secondary N) is 1. The van der Waals surface area contributed by atoms with Crippen LogP contribution < -0.4 is 0 Å².